The fraction of sp³-hybridized carbons (Fsp3) is 0.333. The third kappa shape index (κ3) is 2.89. The molecule has 0 aliphatic rings. The summed E-state index contributed by atoms with van der Waals surface area (Å²) in [4.78, 5) is 1.13. The number of ether oxygens (including phenoxy) is 3. The first kappa shape index (κ1) is 14.7. The minimum absolute atomic E-state index is 0.0361. The zero-order chi connectivity index (χ0) is 14.5. The topological polar surface area (TPSA) is 39.7 Å². The van der Waals surface area contributed by atoms with Crippen molar-refractivity contribution in [1.82, 2.24) is 5.32 Å². The zero-order valence-corrected chi connectivity index (χ0v) is 12.9. The molecule has 1 atom stereocenters. The van der Waals surface area contributed by atoms with Gasteiger partial charge < -0.3 is 19.5 Å². The molecule has 1 unspecified atom stereocenters. The molecule has 0 radical (unpaired) electrons. The molecule has 1 heterocycles. The summed E-state index contributed by atoms with van der Waals surface area (Å²) in [6.07, 6.45) is 0. The molecule has 0 amide bonds. The highest BCUT2D eigenvalue weighted by atomic mass is 32.1. The van der Waals surface area contributed by atoms with Crippen molar-refractivity contribution in [2.24, 2.45) is 0 Å². The van der Waals surface area contributed by atoms with E-state index >= 15 is 0 Å². The summed E-state index contributed by atoms with van der Waals surface area (Å²) in [7, 11) is 6.91. The molecular formula is C15H19NO3S. The van der Waals surface area contributed by atoms with Gasteiger partial charge in [-0.15, -0.1) is 11.3 Å². The Kier molecular flexibility index (Phi) is 4.87. The van der Waals surface area contributed by atoms with Crippen molar-refractivity contribution in [3.8, 4) is 17.2 Å². The fourth-order valence-corrected chi connectivity index (χ4v) is 3.13. The SMILES string of the molecule is CNC(c1cc(OC)cc(OC)c1)c1sccc1OC. The van der Waals surface area contributed by atoms with Crippen molar-refractivity contribution >= 4 is 11.3 Å². The fourth-order valence-electron chi connectivity index (χ4n) is 2.13. The molecule has 0 saturated carbocycles. The Hall–Kier alpha value is -1.72. The van der Waals surface area contributed by atoms with Gasteiger partial charge in [-0.3, -0.25) is 0 Å². The van der Waals surface area contributed by atoms with Crippen LogP contribution in [-0.4, -0.2) is 28.4 Å². The summed E-state index contributed by atoms with van der Waals surface area (Å²) in [5.74, 6) is 2.43. The van der Waals surface area contributed by atoms with E-state index in [1.807, 2.05) is 36.7 Å². The van der Waals surface area contributed by atoms with Crippen LogP contribution in [0, 0.1) is 0 Å². The van der Waals surface area contributed by atoms with Crippen molar-refractivity contribution in [3.63, 3.8) is 0 Å². The van der Waals surface area contributed by atoms with Crippen LogP contribution < -0.4 is 19.5 Å². The Balaban J connectivity index is 2.46. The van der Waals surface area contributed by atoms with Gasteiger partial charge in [-0.2, -0.15) is 0 Å². The Labute approximate surface area is 123 Å². The molecule has 0 spiro atoms. The summed E-state index contributed by atoms with van der Waals surface area (Å²) in [6.45, 7) is 0. The van der Waals surface area contributed by atoms with Crippen LogP contribution in [0.15, 0.2) is 29.6 Å². The van der Waals surface area contributed by atoms with E-state index < -0.39 is 0 Å². The molecule has 0 fully saturated rings. The molecule has 0 bridgehead atoms. The molecular weight excluding hydrogens is 274 g/mol. The van der Waals surface area contributed by atoms with E-state index in [1.54, 1.807) is 32.7 Å². The largest absolute Gasteiger partial charge is 0.497 e. The average Bonchev–Trinajstić information content (AvgIpc) is 2.96. The molecule has 1 N–H and O–H groups in total. The number of nitrogens with one attached hydrogen (secondary N) is 1. The quantitative estimate of drug-likeness (QED) is 0.888. The maximum atomic E-state index is 5.41. The Morgan fingerprint density at radius 1 is 1.00 bits per heavy atom. The molecule has 2 aromatic rings. The van der Waals surface area contributed by atoms with E-state index in [0.717, 1.165) is 27.7 Å². The highest BCUT2D eigenvalue weighted by Crippen LogP contribution is 2.37. The predicted octanol–water partition coefficient (Wildman–Crippen LogP) is 3.08. The first-order chi connectivity index (χ1) is 9.73. The van der Waals surface area contributed by atoms with E-state index in [2.05, 4.69) is 5.32 Å². The van der Waals surface area contributed by atoms with Gasteiger partial charge in [0.2, 0.25) is 0 Å². The van der Waals surface area contributed by atoms with Crippen LogP contribution in [0.4, 0.5) is 0 Å². The molecule has 4 nitrogen and oxygen atoms in total. The summed E-state index contributed by atoms with van der Waals surface area (Å²) in [6, 6.07) is 7.88. The van der Waals surface area contributed by atoms with Crippen LogP contribution in [0.1, 0.15) is 16.5 Å². The summed E-state index contributed by atoms with van der Waals surface area (Å²) < 4.78 is 16.1. The van der Waals surface area contributed by atoms with Gasteiger partial charge >= 0.3 is 0 Å². The molecule has 108 valence electrons. The number of methoxy groups -OCH3 is 3. The second-order valence-electron chi connectivity index (χ2n) is 4.22. The molecule has 0 aliphatic carbocycles. The first-order valence-electron chi connectivity index (χ1n) is 6.25. The van der Waals surface area contributed by atoms with Crippen molar-refractivity contribution < 1.29 is 14.2 Å². The van der Waals surface area contributed by atoms with Gasteiger partial charge in [-0.05, 0) is 36.2 Å². The Morgan fingerprint density at radius 2 is 1.65 bits per heavy atom. The Bertz CT molecular complexity index is 546. The highest BCUT2D eigenvalue weighted by Gasteiger charge is 2.19. The van der Waals surface area contributed by atoms with Crippen molar-refractivity contribution in [3.05, 3.63) is 40.1 Å². The third-order valence-corrected chi connectivity index (χ3v) is 4.10. The van der Waals surface area contributed by atoms with Crippen molar-refractivity contribution in [2.45, 2.75) is 6.04 Å². The number of benzene rings is 1. The maximum Gasteiger partial charge on any atom is 0.134 e. The van der Waals surface area contributed by atoms with Gasteiger partial charge in [0.25, 0.3) is 0 Å². The normalized spacial score (nSPS) is 12.0. The van der Waals surface area contributed by atoms with E-state index in [0.29, 0.717) is 0 Å². The lowest BCUT2D eigenvalue weighted by atomic mass is 10.0. The van der Waals surface area contributed by atoms with E-state index in [-0.39, 0.29) is 6.04 Å². The number of hydrogen-bond acceptors (Lipinski definition) is 5. The summed E-state index contributed by atoms with van der Waals surface area (Å²) >= 11 is 1.66. The van der Waals surface area contributed by atoms with E-state index in [1.165, 1.54) is 0 Å². The van der Waals surface area contributed by atoms with Crippen LogP contribution in [0.25, 0.3) is 0 Å². The van der Waals surface area contributed by atoms with Gasteiger partial charge in [0.15, 0.2) is 0 Å². The minimum Gasteiger partial charge on any atom is -0.497 e. The molecule has 1 aromatic carbocycles. The van der Waals surface area contributed by atoms with Crippen LogP contribution >= 0.6 is 11.3 Å². The number of hydrogen-bond donors (Lipinski definition) is 1. The van der Waals surface area contributed by atoms with Crippen molar-refractivity contribution in [1.29, 1.82) is 0 Å². The second kappa shape index (κ2) is 6.63. The van der Waals surface area contributed by atoms with Gasteiger partial charge in [0.1, 0.15) is 17.2 Å². The standard InChI is InChI=1S/C15H19NO3S/c1-16-14(15-13(19-4)5-6-20-15)10-7-11(17-2)9-12(8-10)18-3/h5-9,14,16H,1-4H3. The monoisotopic (exact) mass is 293 g/mol. The minimum atomic E-state index is 0.0361. The van der Waals surface area contributed by atoms with Crippen molar-refractivity contribution in [2.75, 3.05) is 28.4 Å². The molecule has 0 aliphatic heterocycles. The third-order valence-electron chi connectivity index (χ3n) is 3.14. The van der Waals surface area contributed by atoms with Crippen LogP contribution in [0.3, 0.4) is 0 Å². The highest BCUT2D eigenvalue weighted by molar-refractivity contribution is 7.10. The van der Waals surface area contributed by atoms with Gasteiger partial charge in [-0.1, -0.05) is 0 Å². The number of rotatable bonds is 6. The van der Waals surface area contributed by atoms with Gasteiger partial charge in [0.05, 0.1) is 32.2 Å². The Morgan fingerprint density at radius 3 is 2.15 bits per heavy atom. The molecule has 2 rings (SSSR count). The smallest absolute Gasteiger partial charge is 0.134 e. The maximum absolute atomic E-state index is 5.41. The predicted molar refractivity (Wildman–Crippen MR) is 81.3 cm³/mol. The zero-order valence-electron chi connectivity index (χ0n) is 12.1. The molecule has 5 heteroatoms. The molecule has 0 saturated heterocycles. The summed E-state index contributed by atoms with van der Waals surface area (Å²) in [5.41, 5.74) is 1.07. The number of thiophene rings is 1. The lowest BCUT2D eigenvalue weighted by Crippen LogP contribution is -2.17. The van der Waals surface area contributed by atoms with Crippen LogP contribution in [0.5, 0.6) is 17.2 Å². The van der Waals surface area contributed by atoms with Gasteiger partial charge in [0, 0.05) is 6.07 Å². The molecule has 1 aromatic heterocycles. The van der Waals surface area contributed by atoms with Crippen LogP contribution in [-0.2, 0) is 0 Å². The van der Waals surface area contributed by atoms with E-state index in [4.69, 9.17) is 14.2 Å². The lowest BCUT2D eigenvalue weighted by molar-refractivity contribution is 0.391. The van der Waals surface area contributed by atoms with E-state index in [9.17, 15) is 0 Å². The first-order valence-corrected chi connectivity index (χ1v) is 7.13. The summed E-state index contributed by atoms with van der Waals surface area (Å²) in [5, 5.41) is 5.34. The van der Waals surface area contributed by atoms with Crippen LogP contribution in [0.2, 0.25) is 0 Å². The van der Waals surface area contributed by atoms with Gasteiger partial charge in [-0.25, -0.2) is 0 Å². The average molecular weight is 293 g/mol. The lowest BCUT2D eigenvalue weighted by Gasteiger charge is -2.18. The molecule has 20 heavy (non-hydrogen) atoms. The second-order valence-corrected chi connectivity index (χ2v) is 5.17.